The average Bonchev–Trinajstić information content (AvgIpc) is 4.00. The number of anilines is 2. The molecule has 0 aliphatic carbocycles. The summed E-state index contributed by atoms with van der Waals surface area (Å²) >= 11 is 0. The van der Waals surface area contributed by atoms with E-state index in [1.807, 2.05) is 0 Å². The minimum atomic E-state index is -5.42. The quantitative estimate of drug-likeness (QED) is 0.0244. The second-order valence-corrected chi connectivity index (χ2v) is 17.0. The number of aliphatic hydroxyl groups excluding tert-OH is 1. The van der Waals surface area contributed by atoms with E-state index in [-0.39, 0.29) is 28.3 Å². The number of carbonyl (C=O) groups is 2. The number of hydrogen-bond donors (Lipinski definition) is 8. The van der Waals surface area contributed by atoms with E-state index in [0.717, 1.165) is 21.8 Å². The highest BCUT2D eigenvalue weighted by Gasteiger charge is 2.54. The van der Waals surface area contributed by atoms with Crippen LogP contribution in [0.15, 0.2) is 22.2 Å². The van der Waals surface area contributed by atoms with Gasteiger partial charge in [0, 0.05) is 12.8 Å². The number of rotatable bonds is 8. The van der Waals surface area contributed by atoms with Crippen molar-refractivity contribution in [1.82, 2.24) is 44.4 Å². The van der Waals surface area contributed by atoms with Crippen LogP contribution in [0.2, 0.25) is 0 Å². The van der Waals surface area contributed by atoms with E-state index in [2.05, 4.69) is 40.0 Å². The number of phosphoric ester groups is 2. The third kappa shape index (κ3) is 8.84. The molecule has 0 bridgehead atoms. The van der Waals surface area contributed by atoms with Crippen molar-refractivity contribution in [2.45, 2.75) is 68.3 Å². The van der Waals surface area contributed by atoms with E-state index in [1.54, 1.807) is 0 Å². The third-order valence-corrected chi connectivity index (χ3v) is 11.9. The maximum absolute atomic E-state index is 14.1. The van der Waals surface area contributed by atoms with Crippen LogP contribution in [0.3, 0.4) is 0 Å². The van der Waals surface area contributed by atoms with Gasteiger partial charge >= 0.3 is 21.6 Å². The van der Waals surface area contributed by atoms with Gasteiger partial charge in [0.15, 0.2) is 34.8 Å². The summed E-state index contributed by atoms with van der Waals surface area (Å²) in [6.07, 6.45) is -12.5. The number of fused-ring (bicyclic) bond motifs is 4. The minimum Gasteiger partial charge on any atom is -0.420 e. The number of aromatic amines is 2. The maximum atomic E-state index is 14.1. The van der Waals surface area contributed by atoms with Crippen LogP contribution in [0.5, 0.6) is 5.75 Å². The van der Waals surface area contributed by atoms with Crippen molar-refractivity contribution in [1.29, 1.82) is 0 Å². The highest BCUT2D eigenvalue weighted by atomic mass is 31.2. The van der Waals surface area contributed by atoms with Crippen LogP contribution in [0.4, 0.5) is 33.8 Å². The first kappa shape index (κ1) is 45.8. The molecule has 350 valence electrons. The minimum absolute atomic E-state index is 0.210. The Balaban J connectivity index is 1.05. The molecule has 1 amide bonds. The lowest BCUT2D eigenvalue weighted by Crippen LogP contribution is -2.48. The molecule has 3 saturated heterocycles. The number of benzene rings is 1. The molecule has 7 heterocycles. The lowest BCUT2D eigenvalue weighted by molar-refractivity contribution is -0.135. The van der Waals surface area contributed by atoms with E-state index < -0.39 is 161 Å². The molecule has 1 aromatic carbocycles. The molecule has 3 aliphatic heterocycles. The summed E-state index contributed by atoms with van der Waals surface area (Å²) in [6, 6.07) is -1.72. The lowest BCUT2D eigenvalue weighted by Gasteiger charge is -2.29. The van der Waals surface area contributed by atoms with Crippen molar-refractivity contribution in [2.24, 2.45) is 0 Å². The van der Waals surface area contributed by atoms with Gasteiger partial charge in [-0.25, -0.2) is 32.3 Å². The van der Waals surface area contributed by atoms with Gasteiger partial charge in [0.05, 0.1) is 25.9 Å². The van der Waals surface area contributed by atoms with Gasteiger partial charge in [-0.3, -0.25) is 56.4 Å². The first-order valence-electron chi connectivity index (χ1n) is 18.4. The number of aliphatic hydroxyl groups is 1. The fraction of sp³-hybridized carbons (Fsp3) is 0.419. The summed E-state index contributed by atoms with van der Waals surface area (Å²) < 4.78 is 135. The number of nitrogen functional groups attached to an aromatic ring is 2. The number of imidazole rings is 2. The number of carbonyl (C=O) groups excluding carboxylic acids is 2. The molecule has 0 spiro atoms. The van der Waals surface area contributed by atoms with Crippen molar-refractivity contribution in [3.05, 3.63) is 62.4 Å². The largest absolute Gasteiger partial charge is 0.472 e. The number of hydrogen-bond acceptors (Lipinski definition) is 20. The molecule has 10 N–H and O–H groups in total. The SMILES string of the molecule is Nc1nc2c(ncn2[C@@H]2O[C@@H]3COP(=O)(O)OC4C(NC(=O)CCCC(=O)Oc5c(F)c(F)c(F)c(F)c5F)[C@H](n5cnc6c(=O)[nH]c(N)nc65)O[C@@H]4COP(=O)(O)OC3C2O)c(=O)[nH]1. The first-order chi connectivity index (χ1) is 30.6. The molecule has 34 heteroatoms. The molecule has 8 rings (SSSR count). The van der Waals surface area contributed by atoms with Gasteiger partial charge in [0.2, 0.25) is 52.6 Å². The normalized spacial score (nSPS) is 29.5. The molecule has 0 radical (unpaired) electrons. The Morgan fingerprint density at radius 2 is 1.26 bits per heavy atom. The van der Waals surface area contributed by atoms with Crippen LogP contribution in [-0.2, 0) is 46.3 Å². The second kappa shape index (κ2) is 17.2. The van der Waals surface area contributed by atoms with Gasteiger partial charge in [0.25, 0.3) is 11.1 Å². The Morgan fingerprint density at radius 1 is 0.785 bits per heavy atom. The summed E-state index contributed by atoms with van der Waals surface area (Å²) in [5.74, 6) is -17.4. The molecule has 5 aromatic rings. The molecule has 0 saturated carbocycles. The van der Waals surface area contributed by atoms with Gasteiger partial charge in [-0.1, -0.05) is 0 Å². The summed E-state index contributed by atoms with van der Waals surface area (Å²) in [7, 11) is -10.8. The van der Waals surface area contributed by atoms with E-state index in [4.69, 9.17) is 39.0 Å². The predicted molar refractivity (Wildman–Crippen MR) is 198 cm³/mol. The molecule has 27 nitrogen and oxygen atoms in total. The maximum Gasteiger partial charge on any atom is 0.472 e. The Hall–Kier alpha value is -5.79. The number of halogens is 5. The van der Waals surface area contributed by atoms with Crippen LogP contribution in [0, 0.1) is 29.1 Å². The standard InChI is InChI=1S/C31H30F5N11O16P2/c32-12-13(33)15(35)23(16(36)14(12)34)61-11(49)3-1-2-10(48)41-17-21-8(59-28(17)46-6-39-18-24(46)42-30(37)44-26(18)51)4-57-65(55,56)63-22-9(5-58-64(53,54)62-21)60-29(20(22)50)47-7-40-19-25(47)43-31(38)45-27(19)52/h6-9,17,20-22,28-29,50H,1-5H2,(H,41,48)(H,53,54)(H,55,56)(H3,37,42,44,51)(H3,38,43,45,52)/t8-,9-,17?,20?,21?,22?,28-,29-/m1/s1. The zero-order chi connectivity index (χ0) is 46.9. The van der Waals surface area contributed by atoms with E-state index in [9.17, 15) is 65.2 Å². The lowest BCUT2D eigenvalue weighted by atomic mass is 10.1. The fourth-order valence-corrected chi connectivity index (χ4v) is 9.00. The van der Waals surface area contributed by atoms with E-state index >= 15 is 0 Å². The van der Waals surface area contributed by atoms with Crippen molar-refractivity contribution in [3.8, 4) is 5.75 Å². The van der Waals surface area contributed by atoms with Crippen LogP contribution in [-0.4, -0.2) is 116 Å². The van der Waals surface area contributed by atoms with Crippen molar-refractivity contribution in [3.63, 3.8) is 0 Å². The predicted octanol–water partition coefficient (Wildman–Crippen LogP) is -0.453. The number of esters is 1. The molecular formula is C31H30F5N11O16P2. The third-order valence-electron chi connectivity index (χ3n) is 9.91. The summed E-state index contributed by atoms with van der Waals surface area (Å²) in [5.41, 5.74) is 8.70. The van der Waals surface area contributed by atoms with Crippen LogP contribution >= 0.6 is 15.6 Å². The van der Waals surface area contributed by atoms with Crippen LogP contribution in [0.1, 0.15) is 31.7 Å². The highest BCUT2D eigenvalue weighted by Crippen LogP contribution is 2.54. The smallest absolute Gasteiger partial charge is 0.420 e. The van der Waals surface area contributed by atoms with Crippen molar-refractivity contribution >= 4 is 61.7 Å². The van der Waals surface area contributed by atoms with Gasteiger partial charge in [0.1, 0.15) is 36.6 Å². The van der Waals surface area contributed by atoms with Crippen LogP contribution in [0.25, 0.3) is 22.3 Å². The monoisotopic (exact) mass is 969 g/mol. The Kier molecular flexibility index (Phi) is 12.1. The highest BCUT2D eigenvalue weighted by molar-refractivity contribution is 7.47. The molecule has 65 heavy (non-hydrogen) atoms. The zero-order valence-electron chi connectivity index (χ0n) is 32.1. The fourth-order valence-electron chi connectivity index (χ4n) is 7.06. The van der Waals surface area contributed by atoms with Gasteiger partial charge in [-0.15, -0.1) is 0 Å². The number of nitrogens with one attached hydrogen (secondary N) is 3. The Labute approximate surface area is 355 Å². The van der Waals surface area contributed by atoms with Crippen molar-refractivity contribution in [2.75, 3.05) is 24.7 Å². The molecule has 6 unspecified atom stereocenters. The second-order valence-electron chi connectivity index (χ2n) is 14.2. The Morgan fingerprint density at radius 3 is 1.82 bits per heavy atom. The zero-order valence-corrected chi connectivity index (χ0v) is 33.9. The van der Waals surface area contributed by atoms with E-state index in [0.29, 0.717) is 0 Å². The number of amides is 1. The molecule has 3 aliphatic rings. The van der Waals surface area contributed by atoms with Crippen LogP contribution < -0.4 is 32.6 Å². The summed E-state index contributed by atoms with van der Waals surface area (Å²) in [4.78, 5) is 93.1. The molecule has 3 fully saturated rings. The van der Waals surface area contributed by atoms with Gasteiger partial charge < -0.3 is 45.9 Å². The molecule has 10 atom stereocenters. The van der Waals surface area contributed by atoms with Crippen molar-refractivity contribution < 1.29 is 87.9 Å². The number of aromatic nitrogens is 8. The number of nitrogens with two attached hydrogens (primary N) is 2. The van der Waals surface area contributed by atoms with Gasteiger partial charge in [-0.2, -0.15) is 18.7 Å². The van der Waals surface area contributed by atoms with E-state index in [1.165, 1.54) is 0 Å². The topological polar surface area (TPSA) is 385 Å². The Bertz CT molecular complexity index is 2930. The molecule has 4 aromatic heterocycles. The average molecular weight is 970 g/mol. The van der Waals surface area contributed by atoms with Gasteiger partial charge in [-0.05, 0) is 6.42 Å². The number of nitrogens with zero attached hydrogens (tertiary/aromatic N) is 6. The first-order valence-corrected chi connectivity index (χ1v) is 21.4. The summed E-state index contributed by atoms with van der Waals surface area (Å²) in [5, 5.41) is 13.7. The molecular weight excluding hydrogens is 939 g/mol. The number of ether oxygens (including phenoxy) is 3. The number of phosphoric acid groups is 2. The summed E-state index contributed by atoms with van der Waals surface area (Å²) in [6.45, 7) is -2.10. The number of H-pyrrole nitrogens is 2.